The minimum Gasteiger partial charge on any atom is -0.361 e. The second-order valence-electron chi connectivity index (χ2n) is 16.5. The van der Waals surface area contributed by atoms with E-state index in [2.05, 4.69) is 4.98 Å². The zero-order valence-electron chi connectivity index (χ0n) is 37.6. The molecule has 7 atom stereocenters. The molecule has 1 aromatic heterocycles. The van der Waals surface area contributed by atoms with E-state index in [1.165, 1.54) is 38.5 Å². The zero-order chi connectivity index (χ0) is 44.3. The molecular weight excluding hydrogens is 745 g/mol. The maximum absolute atomic E-state index is 14.6. The van der Waals surface area contributed by atoms with Crippen LogP contribution in [0.15, 0.2) is 66.9 Å². The molecule has 1 N–H and O–H groups in total. The van der Waals surface area contributed by atoms with Crippen LogP contribution in [0, 0.1) is 17.8 Å². The Balaban J connectivity index is 1.84. The molecule has 0 spiro atoms. The van der Waals surface area contributed by atoms with E-state index in [1.807, 2.05) is 114 Å². The van der Waals surface area contributed by atoms with Crippen LogP contribution in [-0.2, 0) is 35.2 Å². The van der Waals surface area contributed by atoms with Gasteiger partial charge in [-0.15, -0.1) is 0 Å². The standard InChI is InChI=1S/C47H68N6O6/c1-14-31(5)42(40(55)27-21-24-36-29-48-38-26-20-19-25-37(36)38)52(12)47(59)43(32(6)15-2)53(13)44(56)33(7)49(9)46(58)41(30(3)4)51(11)45(57)39(50(10)34(8)54)28-35-22-17-16-18-23-35/h16-26,29-33,39,41-43,48H,14-15,27-28H2,1-13H3/b24-21-/t31-,32-,33-,39+,41-,42-,43-/m0/s1. The average molecular weight is 813 g/mol. The molecule has 3 rings (SSSR count). The lowest BCUT2D eigenvalue weighted by atomic mass is 9.90. The van der Waals surface area contributed by atoms with Gasteiger partial charge in [0.1, 0.15) is 24.2 Å². The molecule has 12 nitrogen and oxygen atoms in total. The summed E-state index contributed by atoms with van der Waals surface area (Å²) in [5.74, 6) is -2.77. The largest absolute Gasteiger partial charge is 0.361 e. The number of fused-ring (bicyclic) bond motifs is 1. The minimum atomic E-state index is -0.997. The number of nitrogens with one attached hydrogen (secondary N) is 1. The Kier molecular flexibility index (Phi) is 17.7. The van der Waals surface area contributed by atoms with Gasteiger partial charge in [0.2, 0.25) is 29.5 Å². The van der Waals surface area contributed by atoms with Crippen molar-refractivity contribution in [3.05, 3.63) is 78.0 Å². The molecule has 0 unspecified atom stereocenters. The molecule has 0 aliphatic rings. The molecule has 0 saturated heterocycles. The normalized spacial score (nSPS) is 15.2. The van der Waals surface area contributed by atoms with Crippen molar-refractivity contribution in [1.29, 1.82) is 0 Å². The lowest BCUT2D eigenvalue weighted by molar-refractivity contribution is -0.156. The first-order valence-electron chi connectivity index (χ1n) is 20.9. The fourth-order valence-corrected chi connectivity index (χ4v) is 7.87. The maximum Gasteiger partial charge on any atom is 0.246 e. The van der Waals surface area contributed by atoms with E-state index in [0.717, 1.165) is 22.0 Å². The molecule has 0 aliphatic carbocycles. The predicted octanol–water partition coefficient (Wildman–Crippen LogP) is 6.31. The Labute approximate surface area is 352 Å². The molecule has 5 amide bonds. The van der Waals surface area contributed by atoms with Crippen LogP contribution in [0.5, 0.6) is 0 Å². The van der Waals surface area contributed by atoms with Crippen molar-refractivity contribution in [3.8, 4) is 0 Å². The third kappa shape index (κ3) is 11.5. The van der Waals surface area contributed by atoms with E-state index < -0.39 is 47.9 Å². The van der Waals surface area contributed by atoms with E-state index in [-0.39, 0.29) is 48.2 Å². The fourth-order valence-electron chi connectivity index (χ4n) is 7.87. The molecular formula is C47H68N6O6. The quantitative estimate of drug-likeness (QED) is 0.142. The monoisotopic (exact) mass is 813 g/mol. The van der Waals surface area contributed by atoms with Gasteiger partial charge in [-0.1, -0.05) is 115 Å². The maximum atomic E-state index is 14.6. The van der Waals surface area contributed by atoms with Crippen LogP contribution in [0.25, 0.3) is 17.0 Å². The SMILES string of the molecule is CC[C@H](C)[C@@H](C(=O)C/C=C\c1c[nH]c2ccccc12)N(C)C(=O)[C@H]([C@@H](C)CC)N(C)C(=O)[C@H](C)N(C)C(=O)[C@H](C(C)C)N(C)C(=O)[C@@H](Cc1ccccc1)N(C)C(C)=O. The fraction of sp³-hybridized carbons (Fsp3) is 0.532. The van der Waals surface area contributed by atoms with Crippen molar-refractivity contribution in [1.82, 2.24) is 29.5 Å². The van der Waals surface area contributed by atoms with E-state index in [4.69, 9.17) is 0 Å². The van der Waals surface area contributed by atoms with Crippen molar-refractivity contribution in [2.24, 2.45) is 17.8 Å². The lowest BCUT2D eigenvalue weighted by Crippen LogP contribution is -2.61. The summed E-state index contributed by atoms with van der Waals surface area (Å²) in [6.45, 7) is 14.5. The Morgan fingerprint density at radius 2 is 1.15 bits per heavy atom. The number of likely N-dealkylation sites (N-methyl/N-ethyl adjacent to an activating group) is 5. The van der Waals surface area contributed by atoms with Crippen LogP contribution < -0.4 is 0 Å². The molecule has 1 heterocycles. The summed E-state index contributed by atoms with van der Waals surface area (Å²) < 4.78 is 0. The number of ketones is 1. The number of carbonyl (C=O) groups is 6. The predicted molar refractivity (Wildman–Crippen MR) is 235 cm³/mol. The second-order valence-corrected chi connectivity index (χ2v) is 16.5. The zero-order valence-corrected chi connectivity index (χ0v) is 37.6. The summed E-state index contributed by atoms with van der Waals surface area (Å²) >= 11 is 0. The van der Waals surface area contributed by atoms with Crippen molar-refractivity contribution in [3.63, 3.8) is 0 Å². The molecule has 2 aromatic carbocycles. The number of rotatable bonds is 20. The number of hydrogen-bond acceptors (Lipinski definition) is 6. The molecule has 0 aliphatic heterocycles. The summed E-state index contributed by atoms with van der Waals surface area (Å²) in [7, 11) is 7.88. The molecule has 322 valence electrons. The highest BCUT2D eigenvalue weighted by atomic mass is 16.2. The number of carbonyl (C=O) groups excluding carboxylic acids is 6. The minimum absolute atomic E-state index is 0.0965. The van der Waals surface area contributed by atoms with Gasteiger partial charge >= 0.3 is 0 Å². The van der Waals surface area contributed by atoms with Gasteiger partial charge in [0, 0.05) is 72.1 Å². The number of benzene rings is 2. The summed E-state index contributed by atoms with van der Waals surface area (Å²) in [4.78, 5) is 94.1. The van der Waals surface area contributed by atoms with Crippen LogP contribution in [0.2, 0.25) is 0 Å². The smallest absolute Gasteiger partial charge is 0.246 e. The number of Topliss-reactive ketones (excluding diaryl/α,β-unsaturated/α-hetero) is 1. The van der Waals surface area contributed by atoms with Crippen LogP contribution in [0.4, 0.5) is 0 Å². The molecule has 0 bridgehead atoms. The summed E-state index contributed by atoms with van der Waals surface area (Å²) in [5.41, 5.74) is 2.84. The number of aromatic nitrogens is 1. The molecule has 59 heavy (non-hydrogen) atoms. The Morgan fingerprint density at radius 1 is 0.627 bits per heavy atom. The number of para-hydroxylation sites is 1. The van der Waals surface area contributed by atoms with Gasteiger partial charge in [-0.05, 0) is 41.9 Å². The van der Waals surface area contributed by atoms with Crippen molar-refractivity contribution in [2.45, 2.75) is 111 Å². The number of hydrogen-bond donors (Lipinski definition) is 1. The van der Waals surface area contributed by atoms with Crippen LogP contribution >= 0.6 is 0 Å². The summed E-state index contributed by atoms with van der Waals surface area (Å²) in [5, 5.41) is 1.05. The Hall–Kier alpha value is -5.26. The molecule has 0 fully saturated rings. The first-order chi connectivity index (χ1) is 27.8. The molecule has 0 saturated carbocycles. The van der Waals surface area contributed by atoms with Crippen LogP contribution in [0.3, 0.4) is 0 Å². The Bertz CT molecular complexity index is 1940. The third-order valence-corrected chi connectivity index (χ3v) is 12.2. The Morgan fingerprint density at radius 3 is 1.73 bits per heavy atom. The lowest BCUT2D eigenvalue weighted by Gasteiger charge is -2.41. The number of nitrogens with zero attached hydrogens (tertiary/aromatic N) is 5. The molecule has 0 radical (unpaired) electrons. The van der Waals surface area contributed by atoms with Crippen LogP contribution in [0.1, 0.15) is 85.8 Å². The van der Waals surface area contributed by atoms with E-state index in [1.54, 1.807) is 35.1 Å². The van der Waals surface area contributed by atoms with Gasteiger partial charge in [-0.2, -0.15) is 0 Å². The van der Waals surface area contributed by atoms with Gasteiger partial charge < -0.3 is 29.5 Å². The van der Waals surface area contributed by atoms with E-state index in [0.29, 0.717) is 12.8 Å². The molecule has 3 aromatic rings. The first kappa shape index (κ1) is 48.1. The first-order valence-corrected chi connectivity index (χ1v) is 20.9. The highest BCUT2D eigenvalue weighted by Gasteiger charge is 2.42. The van der Waals surface area contributed by atoms with Gasteiger partial charge in [0.15, 0.2) is 5.78 Å². The third-order valence-electron chi connectivity index (χ3n) is 12.2. The number of amides is 5. The number of aromatic amines is 1. The number of H-pyrrole nitrogens is 1. The van der Waals surface area contributed by atoms with Crippen molar-refractivity contribution < 1.29 is 28.8 Å². The van der Waals surface area contributed by atoms with E-state index in [9.17, 15) is 28.8 Å². The van der Waals surface area contributed by atoms with E-state index >= 15 is 0 Å². The second kappa shape index (κ2) is 21.7. The average Bonchev–Trinajstić information content (AvgIpc) is 3.64. The van der Waals surface area contributed by atoms with Gasteiger partial charge in [-0.25, -0.2) is 0 Å². The highest BCUT2D eigenvalue weighted by Crippen LogP contribution is 2.25. The van der Waals surface area contributed by atoms with Gasteiger partial charge in [0.25, 0.3) is 0 Å². The van der Waals surface area contributed by atoms with Crippen LogP contribution in [-0.4, -0.2) is 130 Å². The van der Waals surface area contributed by atoms with Crippen molar-refractivity contribution >= 4 is 52.3 Å². The van der Waals surface area contributed by atoms with Gasteiger partial charge in [0.05, 0.1) is 6.04 Å². The highest BCUT2D eigenvalue weighted by molar-refractivity contribution is 5.97. The van der Waals surface area contributed by atoms with Gasteiger partial charge in [-0.3, -0.25) is 28.8 Å². The summed E-state index contributed by atoms with van der Waals surface area (Å²) in [6.07, 6.45) is 7.31. The topological polar surface area (TPSA) is 134 Å². The summed E-state index contributed by atoms with van der Waals surface area (Å²) in [6, 6.07) is 12.9. The van der Waals surface area contributed by atoms with Crippen molar-refractivity contribution in [2.75, 3.05) is 35.2 Å². The number of allylic oxidation sites excluding steroid dienone is 1. The molecule has 12 heteroatoms.